The molecule has 0 unspecified atom stereocenters. The molecular formula is C27H23NO9. The van der Waals surface area contributed by atoms with Gasteiger partial charge in [0.25, 0.3) is 5.91 Å². The minimum atomic E-state index is -2.60. The van der Waals surface area contributed by atoms with Crippen LogP contribution >= 0.6 is 0 Å². The zero-order valence-electron chi connectivity index (χ0n) is 19.6. The number of aliphatic hydroxyl groups excluding tert-OH is 2. The molecule has 1 amide bonds. The molecule has 0 aliphatic heterocycles. The molecule has 3 aliphatic carbocycles. The molecule has 0 aromatic heterocycles. The Labute approximate surface area is 210 Å². The largest absolute Gasteiger partial charge is 0.511 e. The Hall–Kier alpha value is -4.44. The number of amides is 1. The van der Waals surface area contributed by atoms with Gasteiger partial charge in [0.05, 0.1) is 18.2 Å². The number of hydrogen-bond donors (Lipinski definition) is 5. The Balaban J connectivity index is 1.63. The number of aromatic hydroxyl groups is 1. The number of benzene rings is 2. The van der Waals surface area contributed by atoms with Crippen LogP contribution in [0.1, 0.15) is 39.1 Å². The summed E-state index contributed by atoms with van der Waals surface area (Å²) in [5.74, 6) is -7.24. The third kappa shape index (κ3) is 3.36. The summed E-state index contributed by atoms with van der Waals surface area (Å²) in [4.78, 5) is 50.2. The lowest BCUT2D eigenvalue weighted by Gasteiger charge is -2.45. The van der Waals surface area contributed by atoms with Crippen LogP contribution in [-0.4, -0.2) is 56.6 Å². The van der Waals surface area contributed by atoms with E-state index in [-0.39, 0.29) is 36.1 Å². The van der Waals surface area contributed by atoms with Crippen molar-refractivity contribution in [3.63, 3.8) is 0 Å². The van der Waals surface area contributed by atoms with E-state index in [2.05, 4.69) is 0 Å². The highest BCUT2D eigenvalue weighted by atomic mass is 16.5. The molecular weight excluding hydrogens is 482 g/mol. The van der Waals surface area contributed by atoms with Crippen molar-refractivity contribution in [2.24, 2.45) is 17.6 Å². The highest BCUT2D eigenvalue weighted by Gasteiger charge is 2.59. The number of ketones is 2. The molecule has 190 valence electrons. The van der Waals surface area contributed by atoms with E-state index in [1.807, 2.05) is 0 Å². The number of methoxy groups -OCH3 is 1. The predicted octanol–water partition coefficient (Wildman–Crippen LogP) is 2.03. The standard InChI is InChI=1S/C27H23NO9/c1-37-26(35)12-4-2-11(3-5-12)15-6-7-17(29)20-16(15)9-13-8-14-10-18(30)21(25(28)34)24(33)27(14,36)23(32)19(13)22(20)31/h2-7,13-14,29-30,32,36H,8-10H2,1H3,(H2,28,34)/t13-,14+,27+/m1/s1. The molecule has 6 N–H and O–H groups in total. The summed E-state index contributed by atoms with van der Waals surface area (Å²) < 4.78 is 4.72. The number of hydrogen-bond acceptors (Lipinski definition) is 9. The monoisotopic (exact) mass is 505 g/mol. The molecule has 2 aromatic carbocycles. The average Bonchev–Trinajstić information content (AvgIpc) is 2.86. The van der Waals surface area contributed by atoms with Gasteiger partial charge in [-0.1, -0.05) is 18.2 Å². The maximum absolute atomic E-state index is 13.6. The van der Waals surface area contributed by atoms with Gasteiger partial charge in [0.15, 0.2) is 11.4 Å². The first-order valence-electron chi connectivity index (χ1n) is 11.5. The maximum atomic E-state index is 13.6. The molecule has 0 bridgehead atoms. The van der Waals surface area contributed by atoms with Crippen LogP contribution in [0.3, 0.4) is 0 Å². The third-order valence-electron chi connectivity index (χ3n) is 7.56. The number of fused-ring (bicyclic) bond motifs is 3. The molecule has 3 atom stereocenters. The molecule has 5 rings (SSSR count). The lowest BCUT2D eigenvalue weighted by Crippen LogP contribution is -2.57. The second kappa shape index (κ2) is 8.31. The van der Waals surface area contributed by atoms with Crippen LogP contribution in [0.25, 0.3) is 11.1 Å². The van der Waals surface area contributed by atoms with Crippen molar-refractivity contribution in [1.82, 2.24) is 0 Å². The van der Waals surface area contributed by atoms with Crippen LogP contribution in [0.15, 0.2) is 59.1 Å². The number of ether oxygens (including phenoxy) is 1. The van der Waals surface area contributed by atoms with E-state index < -0.39 is 58.0 Å². The fraction of sp³-hybridized carbons (Fsp3) is 0.259. The summed E-state index contributed by atoms with van der Waals surface area (Å²) in [6, 6.07) is 9.47. The van der Waals surface area contributed by atoms with Crippen LogP contribution in [0.4, 0.5) is 0 Å². The Morgan fingerprint density at radius 2 is 1.70 bits per heavy atom. The summed E-state index contributed by atoms with van der Waals surface area (Å²) in [7, 11) is 1.27. The zero-order valence-corrected chi connectivity index (χ0v) is 19.6. The molecule has 0 heterocycles. The van der Waals surface area contributed by atoms with Gasteiger partial charge in [-0.25, -0.2) is 4.79 Å². The Kier molecular flexibility index (Phi) is 5.45. The lowest BCUT2D eigenvalue weighted by molar-refractivity contribution is -0.144. The first-order chi connectivity index (χ1) is 17.5. The van der Waals surface area contributed by atoms with Gasteiger partial charge in [-0.3, -0.25) is 14.4 Å². The first kappa shape index (κ1) is 24.3. The molecule has 37 heavy (non-hydrogen) atoms. The van der Waals surface area contributed by atoms with Crippen molar-refractivity contribution in [3.8, 4) is 16.9 Å². The van der Waals surface area contributed by atoms with Crippen molar-refractivity contribution in [1.29, 1.82) is 0 Å². The minimum absolute atomic E-state index is 0.0410. The van der Waals surface area contributed by atoms with E-state index >= 15 is 0 Å². The average molecular weight is 505 g/mol. The summed E-state index contributed by atoms with van der Waals surface area (Å²) in [5, 5.41) is 43.3. The van der Waals surface area contributed by atoms with Gasteiger partial charge >= 0.3 is 5.97 Å². The van der Waals surface area contributed by atoms with Gasteiger partial charge in [0, 0.05) is 17.9 Å². The second-order valence-corrected chi connectivity index (χ2v) is 9.47. The van der Waals surface area contributed by atoms with Gasteiger partial charge in [-0.05, 0) is 53.6 Å². The van der Waals surface area contributed by atoms with Gasteiger partial charge in [-0.2, -0.15) is 0 Å². The summed E-state index contributed by atoms with van der Waals surface area (Å²) in [6.45, 7) is 0. The number of nitrogens with two attached hydrogens (primary N) is 1. The zero-order chi connectivity index (χ0) is 26.8. The van der Waals surface area contributed by atoms with E-state index in [1.54, 1.807) is 30.3 Å². The molecule has 0 radical (unpaired) electrons. The van der Waals surface area contributed by atoms with Crippen molar-refractivity contribution < 1.29 is 44.3 Å². The number of aliphatic hydroxyl groups is 3. The highest BCUT2D eigenvalue weighted by molar-refractivity contribution is 6.24. The van der Waals surface area contributed by atoms with Crippen LogP contribution in [0.2, 0.25) is 0 Å². The molecule has 3 aliphatic rings. The van der Waals surface area contributed by atoms with Crippen LogP contribution in [-0.2, 0) is 20.7 Å². The number of phenols is 1. The van der Waals surface area contributed by atoms with Crippen LogP contribution in [0, 0.1) is 11.8 Å². The molecule has 0 fully saturated rings. The number of esters is 1. The number of carbonyl (C=O) groups excluding carboxylic acids is 4. The summed E-state index contributed by atoms with van der Waals surface area (Å²) in [6.07, 6.45) is -0.0759. The van der Waals surface area contributed by atoms with Crippen molar-refractivity contribution in [2.45, 2.75) is 24.9 Å². The van der Waals surface area contributed by atoms with E-state index in [0.29, 0.717) is 22.3 Å². The fourth-order valence-corrected chi connectivity index (χ4v) is 5.79. The molecule has 10 heteroatoms. The van der Waals surface area contributed by atoms with Crippen molar-refractivity contribution >= 4 is 23.4 Å². The number of phenolic OH excluding ortho intramolecular Hbond substituents is 1. The Bertz CT molecular complexity index is 1470. The van der Waals surface area contributed by atoms with Crippen LogP contribution in [0.5, 0.6) is 5.75 Å². The van der Waals surface area contributed by atoms with E-state index in [9.17, 15) is 39.6 Å². The summed E-state index contributed by atoms with van der Waals surface area (Å²) in [5.41, 5.74) is 3.62. The third-order valence-corrected chi connectivity index (χ3v) is 7.56. The molecule has 0 saturated heterocycles. The fourth-order valence-electron chi connectivity index (χ4n) is 5.79. The van der Waals surface area contributed by atoms with Gasteiger partial charge in [0.1, 0.15) is 22.8 Å². The number of carbonyl (C=O) groups is 4. The van der Waals surface area contributed by atoms with E-state index in [1.165, 1.54) is 13.2 Å². The predicted molar refractivity (Wildman–Crippen MR) is 128 cm³/mol. The maximum Gasteiger partial charge on any atom is 0.337 e. The van der Waals surface area contributed by atoms with E-state index in [0.717, 1.165) is 0 Å². The Morgan fingerprint density at radius 1 is 1.03 bits per heavy atom. The normalized spacial score (nSPS) is 24.8. The molecule has 0 spiro atoms. The molecule has 10 nitrogen and oxygen atoms in total. The number of Topliss-reactive ketones (excluding diaryl/α,β-unsaturated/α-hetero) is 2. The summed E-state index contributed by atoms with van der Waals surface area (Å²) >= 11 is 0. The van der Waals surface area contributed by atoms with Crippen LogP contribution < -0.4 is 5.73 Å². The van der Waals surface area contributed by atoms with Crippen molar-refractivity contribution in [2.75, 3.05) is 7.11 Å². The van der Waals surface area contributed by atoms with Gasteiger partial charge < -0.3 is 30.9 Å². The smallest absolute Gasteiger partial charge is 0.337 e. The quantitative estimate of drug-likeness (QED) is 0.307. The minimum Gasteiger partial charge on any atom is -0.511 e. The highest BCUT2D eigenvalue weighted by Crippen LogP contribution is 2.52. The number of rotatable bonds is 3. The van der Waals surface area contributed by atoms with Crippen molar-refractivity contribution in [3.05, 3.63) is 75.8 Å². The SMILES string of the molecule is COC(=O)c1ccc(-c2ccc(O)c3c2C[C@H]2C[C@H]4CC(O)=C(C(N)=O)C(=O)[C@@]4(O)C(O)=C2C3=O)cc1. The number of primary amides is 1. The topological polar surface area (TPSA) is 184 Å². The number of allylic oxidation sites excluding steroid dienone is 2. The lowest BCUT2D eigenvalue weighted by atomic mass is 9.60. The van der Waals surface area contributed by atoms with E-state index in [4.69, 9.17) is 10.5 Å². The molecule has 0 saturated carbocycles. The first-order valence-corrected chi connectivity index (χ1v) is 11.5. The van der Waals surface area contributed by atoms with Gasteiger partial charge in [-0.15, -0.1) is 0 Å². The molecule has 2 aromatic rings. The Morgan fingerprint density at radius 3 is 2.32 bits per heavy atom. The van der Waals surface area contributed by atoms with Gasteiger partial charge in [0.2, 0.25) is 5.78 Å². The second-order valence-electron chi connectivity index (χ2n) is 9.47.